The Morgan fingerprint density at radius 3 is 2.46 bits per heavy atom. The molecule has 4 aromatic rings. The minimum Gasteiger partial charge on any atom is -0.489 e. The van der Waals surface area contributed by atoms with Gasteiger partial charge in [-0.3, -0.25) is 0 Å². The number of ether oxygens (including phenoxy) is 2. The standard InChI is InChI=1S/C22H20N4O2/c1-2-4-16(5-3-1)14-27-18-6-8-19(9-7-18)28-22-21-20(24-15-25-22)10-11-26(21)17-12-23-13-17/h1-11,15,17,23H,12-14H2. The Kier molecular flexibility index (Phi) is 4.39. The lowest BCUT2D eigenvalue weighted by molar-refractivity contribution is 0.305. The van der Waals surface area contributed by atoms with Crippen LogP contribution in [-0.4, -0.2) is 27.6 Å². The molecule has 3 heterocycles. The summed E-state index contributed by atoms with van der Waals surface area (Å²) in [7, 11) is 0. The van der Waals surface area contributed by atoms with Gasteiger partial charge in [0.1, 0.15) is 29.9 Å². The number of hydrogen-bond donors (Lipinski definition) is 1. The van der Waals surface area contributed by atoms with E-state index < -0.39 is 0 Å². The molecule has 140 valence electrons. The second kappa shape index (κ2) is 7.32. The second-order valence-electron chi connectivity index (χ2n) is 6.80. The summed E-state index contributed by atoms with van der Waals surface area (Å²) in [4.78, 5) is 8.73. The molecule has 2 aromatic carbocycles. The van der Waals surface area contributed by atoms with Crippen molar-refractivity contribution in [3.05, 3.63) is 78.8 Å². The number of nitrogens with one attached hydrogen (secondary N) is 1. The fourth-order valence-corrected chi connectivity index (χ4v) is 3.27. The Morgan fingerprint density at radius 1 is 0.929 bits per heavy atom. The van der Waals surface area contributed by atoms with Crippen LogP contribution in [0.1, 0.15) is 11.6 Å². The second-order valence-corrected chi connectivity index (χ2v) is 6.80. The summed E-state index contributed by atoms with van der Waals surface area (Å²) in [6.45, 7) is 2.44. The Labute approximate surface area is 162 Å². The van der Waals surface area contributed by atoms with Crippen LogP contribution in [-0.2, 0) is 6.61 Å². The molecule has 0 spiro atoms. The van der Waals surface area contributed by atoms with Gasteiger partial charge in [-0.05, 0) is 35.9 Å². The van der Waals surface area contributed by atoms with Gasteiger partial charge >= 0.3 is 0 Å². The number of rotatable bonds is 6. The maximum Gasteiger partial charge on any atom is 0.247 e. The topological polar surface area (TPSA) is 61.2 Å². The highest BCUT2D eigenvalue weighted by molar-refractivity contribution is 5.81. The van der Waals surface area contributed by atoms with E-state index in [2.05, 4.69) is 26.0 Å². The molecule has 0 saturated carbocycles. The number of fused-ring (bicyclic) bond motifs is 1. The van der Waals surface area contributed by atoms with E-state index in [1.807, 2.05) is 60.7 Å². The van der Waals surface area contributed by atoms with E-state index in [0.29, 0.717) is 24.3 Å². The maximum atomic E-state index is 6.08. The van der Waals surface area contributed by atoms with Crippen molar-refractivity contribution in [1.82, 2.24) is 19.9 Å². The molecule has 1 aliphatic heterocycles. The third kappa shape index (κ3) is 3.30. The van der Waals surface area contributed by atoms with Crippen molar-refractivity contribution in [1.29, 1.82) is 0 Å². The first-order chi connectivity index (χ1) is 13.9. The number of nitrogens with zero attached hydrogens (tertiary/aromatic N) is 3. The molecule has 28 heavy (non-hydrogen) atoms. The summed E-state index contributed by atoms with van der Waals surface area (Å²) in [5.74, 6) is 2.08. The van der Waals surface area contributed by atoms with Gasteiger partial charge in [-0.1, -0.05) is 30.3 Å². The average molecular weight is 372 g/mol. The van der Waals surface area contributed by atoms with Gasteiger partial charge in [0.25, 0.3) is 0 Å². The van der Waals surface area contributed by atoms with Gasteiger partial charge in [0, 0.05) is 19.3 Å². The Morgan fingerprint density at radius 2 is 1.71 bits per heavy atom. The average Bonchev–Trinajstić information content (AvgIpc) is 3.12. The molecule has 5 rings (SSSR count). The Bertz CT molecular complexity index is 1070. The summed E-state index contributed by atoms with van der Waals surface area (Å²) in [5.41, 5.74) is 2.95. The zero-order chi connectivity index (χ0) is 18.8. The quantitative estimate of drug-likeness (QED) is 0.555. The molecule has 1 N–H and O–H groups in total. The summed E-state index contributed by atoms with van der Waals surface area (Å²) in [5, 5.41) is 3.30. The first-order valence-corrected chi connectivity index (χ1v) is 9.34. The summed E-state index contributed by atoms with van der Waals surface area (Å²) in [6, 6.07) is 20.1. The van der Waals surface area contributed by atoms with Gasteiger partial charge in [0.15, 0.2) is 0 Å². The molecular formula is C22H20N4O2. The number of benzene rings is 2. The largest absolute Gasteiger partial charge is 0.489 e. The first-order valence-electron chi connectivity index (χ1n) is 9.34. The normalized spacial score (nSPS) is 14.0. The number of aromatic nitrogens is 3. The van der Waals surface area contributed by atoms with E-state index >= 15 is 0 Å². The molecular weight excluding hydrogens is 352 g/mol. The molecule has 0 aliphatic carbocycles. The van der Waals surface area contributed by atoms with Crippen LogP contribution in [0.4, 0.5) is 0 Å². The molecule has 0 bridgehead atoms. The summed E-state index contributed by atoms with van der Waals surface area (Å²) in [6.07, 6.45) is 3.59. The predicted molar refractivity (Wildman–Crippen MR) is 107 cm³/mol. The summed E-state index contributed by atoms with van der Waals surface area (Å²) < 4.78 is 14.1. The fraction of sp³-hybridized carbons (Fsp3) is 0.182. The van der Waals surface area contributed by atoms with Crippen LogP contribution in [0, 0.1) is 0 Å². The predicted octanol–water partition coefficient (Wildman–Crippen LogP) is 3.95. The smallest absolute Gasteiger partial charge is 0.247 e. The molecule has 0 atom stereocenters. The molecule has 0 radical (unpaired) electrons. The van der Waals surface area contributed by atoms with Gasteiger partial charge in [0.05, 0.1) is 11.6 Å². The monoisotopic (exact) mass is 372 g/mol. The molecule has 1 saturated heterocycles. The molecule has 0 amide bonds. The SMILES string of the molecule is c1ccc(COc2ccc(Oc3ncnc4ccn(C5CNC5)c34)cc2)cc1. The van der Waals surface area contributed by atoms with Gasteiger partial charge in [0.2, 0.25) is 5.88 Å². The fourth-order valence-electron chi connectivity index (χ4n) is 3.27. The van der Waals surface area contributed by atoms with Crippen LogP contribution in [0.3, 0.4) is 0 Å². The molecule has 0 unspecified atom stereocenters. The highest BCUT2D eigenvalue weighted by Crippen LogP contribution is 2.31. The van der Waals surface area contributed by atoms with Gasteiger partial charge in [-0.15, -0.1) is 0 Å². The van der Waals surface area contributed by atoms with E-state index in [-0.39, 0.29) is 0 Å². The van der Waals surface area contributed by atoms with Crippen LogP contribution in [0.5, 0.6) is 17.4 Å². The van der Waals surface area contributed by atoms with Gasteiger partial charge in [-0.2, -0.15) is 4.98 Å². The van der Waals surface area contributed by atoms with Crippen molar-refractivity contribution >= 4 is 11.0 Å². The van der Waals surface area contributed by atoms with Gasteiger partial charge in [-0.25, -0.2) is 4.98 Å². The van der Waals surface area contributed by atoms with Crippen molar-refractivity contribution in [3.63, 3.8) is 0 Å². The van der Waals surface area contributed by atoms with Crippen LogP contribution in [0.25, 0.3) is 11.0 Å². The van der Waals surface area contributed by atoms with Crippen LogP contribution in [0.15, 0.2) is 73.2 Å². The lowest BCUT2D eigenvalue weighted by atomic mass is 10.2. The highest BCUT2D eigenvalue weighted by Gasteiger charge is 2.22. The molecule has 6 nitrogen and oxygen atoms in total. The van der Waals surface area contributed by atoms with Crippen molar-refractivity contribution in [2.45, 2.75) is 12.6 Å². The third-order valence-corrected chi connectivity index (χ3v) is 4.91. The van der Waals surface area contributed by atoms with E-state index in [9.17, 15) is 0 Å². The molecule has 1 fully saturated rings. The summed E-state index contributed by atoms with van der Waals surface area (Å²) >= 11 is 0. The third-order valence-electron chi connectivity index (χ3n) is 4.91. The zero-order valence-electron chi connectivity index (χ0n) is 15.3. The van der Waals surface area contributed by atoms with Crippen molar-refractivity contribution in [2.75, 3.05) is 13.1 Å². The van der Waals surface area contributed by atoms with Gasteiger partial charge < -0.3 is 19.4 Å². The van der Waals surface area contributed by atoms with Crippen LogP contribution < -0.4 is 14.8 Å². The van der Waals surface area contributed by atoms with E-state index in [0.717, 1.165) is 35.4 Å². The molecule has 6 heteroatoms. The number of hydrogen-bond acceptors (Lipinski definition) is 5. The van der Waals surface area contributed by atoms with E-state index in [1.54, 1.807) is 6.33 Å². The Hall–Kier alpha value is -3.38. The lowest BCUT2D eigenvalue weighted by Gasteiger charge is -2.29. The van der Waals surface area contributed by atoms with E-state index in [4.69, 9.17) is 9.47 Å². The van der Waals surface area contributed by atoms with E-state index in [1.165, 1.54) is 0 Å². The molecule has 1 aliphatic rings. The van der Waals surface area contributed by atoms with Crippen molar-refractivity contribution in [2.24, 2.45) is 0 Å². The molecule has 2 aromatic heterocycles. The highest BCUT2D eigenvalue weighted by atomic mass is 16.5. The maximum absolute atomic E-state index is 6.08. The Balaban J connectivity index is 1.33. The minimum atomic E-state index is 0.416. The first kappa shape index (κ1) is 16.8. The van der Waals surface area contributed by atoms with Crippen molar-refractivity contribution < 1.29 is 9.47 Å². The van der Waals surface area contributed by atoms with Crippen LogP contribution >= 0.6 is 0 Å². The van der Waals surface area contributed by atoms with Crippen molar-refractivity contribution in [3.8, 4) is 17.4 Å². The zero-order valence-corrected chi connectivity index (χ0v) is 15.3. The lowest BCUT2D eigenvalue weighted by Crippen LogP contribution is -2.43. The minimum absolute atomic E-state index is 0.416. The van der Waals surface area contributed by atoms with Crippen LogP contribution in [0.2, 0.25) is 0 Å².